The summed E-state index contributed by atoms with van der Waals surface area (Å²) in [6.07, 6.45) is 0. The van der Waals surface area contributed by atoms with Gasteiger partial charge in [0.05, 0.1) is 12.1 Å². The highest BCUT2D eigenvalue weighted by Crippen LogP contribution is 2.41. The molecule has 0 fully saturated rings. The normalized spacial score (nSPS) is 20.0. The Hall–Kier alpha value is -2.44. The maximum absolute atomic E-state index is 6.02. The van der Waals surface area contributed by atoms with Crippen molar-refractivity contribution in [2.75, 3.05) is 13.1 Å². The van der Waals surface area contributed by atoms with Crippen LogP contribution in [0, 0.1) is 0 Å². The highest BCUT2D eigenvalue weighted by atomic mass is 16.7. The van der Waals surface area contributed by atoms with E-state index in [9.17, 15) is 0 Å². The summed E-state index contributed by atoms with van der Waals surface area (Å²) in [5, 5.41) is 6.96. The van der Waals surface area contributed by atoms with Gasteiger partial charge in [0.2, 0.25) is 0 Å². The van der Waals surface area contributed by atoms with Crippen molar-refractivity contribution in [3.05, 3.63) is 48.5 Å². The van der Waals surface area contributed by atoms with Gasteiger partial charge in [0.15, 0.2) is 23.0 Å². The topological polar surface area (TPSA) is 61.0 Å². The Bertz CT molecular complexity index is 721. The van der Waals surface area contributed by atoms with Gasteiger partial charge in [0.1, 0.15) is 0 Å². The molecule has 0 saturated heterocycles. The zero-order valence-corrected chi connectivity index (χ0v) is 16.8. The SMILES string of the molecule is CC(NCCNC(C)C1(C)Oc2ccccc2O1)C1(C)Oc2ccccc2O1. The van der Waals surface area contributed by atoms with Crippen LogP contribution in [-0.4, -0.2) is 36.7 Å². The Morgan fingerprint density at radius 3 is 1.21 bits per heavy atom. The molecular formula is C22H28N2O4. The maximum atomic E-state index is 6.02. The van der Waals surface area contributed by atoms with Crippen LogP contribution in [0.2, 0.25) is 0 Å². The molecule has 2 aromatic rings. The smallest absolute Gasteiger partial charge is 0.263 e. The fourth-order valence-corrected chi connectivity index (χ4v) is 3.45. The van der Waals surface area contributed by atoms with Crippen molar-refractivity contribution < 1.29 is 18.9 Å². The van der Waals surface area contributed by atoms with E-state index in [1.807, 2.05) is 62.4 Å². The quantitative estimate of drug-likeness (QED) is 0.714. The van der Waals surface area contributed by atoms with Crippen LogP contribution in [-0.2, 0) is 0 Å². The van der Waals surface area contributed by atoms with E-state index in [2.05, 4.69) is 24.5 Å². The molecule has 0 aliphatic carbocycles. The van der Waals surface area contributed by atoms with Crippen LogP contribution in [0.3, 0.4) is 0 Å². The minimum atomic E-state index is -0.722. The lowest BCUT2D eigenvalue weighted by molar-refractivity contribution is -0.0902. The number of rotatable bonds is 7. The Balaban J connectivity index is 1.24. The van der Waals surface area contributed by atoms with Crippen LogP contribution in [0.1, 0.15) is 27.7 Å². The molecule has 6 nitrogen and oxygen atoms in total. The second kappa shape index (κ2) is 7.18. The summed E-state index contributed by atoms with van der Waals surface area (Å²) in [7, 11) is 0. The second-order valence-corrected chi connectivity index (χ2v) is 7.69. The van der Waals surface area contributed by atoms with Gasteiger partial charge >= 0.3 is 0 Å². The van der Waals surface area contributed by atoms with Gasteiger partial charge in [-0.25, -0.2) is 0 Å². The number of para-hydroxylation sites is 4. The molecule has 0 amide bonds. The molecule has 0 radical (unpaired) electrons. The number of nitrogens with one attached hydrogen (secondary N) is 2. The Morgan fingerprint density at radius 2 is 0.929 bits per heavy atom. The van der Waals surface area contributed by atoms with Crippen LogP contribution in [0.5, 0.6) is 23.0 Å². The number of ether oxygens (including phenoxy) is 4. The van der Waals surface area contributed by atoms with Crippen molar-refractivity contribution in [3.8, 4) is 23.0 Å². The molecule has 2 atom stereocenters. The van der Waals surface area contributed by atoms with Crippen molar-refractivity contribution in [2.24, 2.45) is 0 Å². The summed E-state index contributed by atoms with van der Waals surface area (Å²) in [4.78, 5) is 0. The molecule has 28 heavy (non-hydrogen) atoms. The van der Waals surface area contributed by atoms with Gasteiger partial charge in [-0.2, -0.15) is 0 Å². The molecule has 2 aromatic carbocycles. The first-order valence-corrected chi connectivity index (χ1v) is 9.80. The molecule has 0 aromatic heterocycles. The van der Waals surface area contributed by atoms with Crippen LogP contribution in [0.15, 0.2) is 48.5 Å². The first-order chi connectivity index (χ1) is 13.4. The zero-order chi connectivity index (χ0) is 19.8. The van der Waals surface area contributed by atoms with Crippen LogP contribution >= 0.6 is 0 Å². The molecule has 4 rings (SSSR count). The summed E-state index contributed by atoms with van der Waals surface area (Å²) in [6, 6.07) is 15.5. The fourth-order valence-electron chi connectivity index (χ4n) is 3.45. The van der Waals surface area contributed by atoms with E-state index in [0.717, 1.165) is 36.1 Å². The number of hydrogen-bond acceptors (Lipinski definition) is 6. The third kappa shape index (κ3) is 3.50. The lowest BCUT2D eigenvalue weighted by atomic mass is 10.1. The first-order valence-electron chi connectivity index (χ1n) is 9.80. The third-order valence-electron chi connectivity index (χ3n) is 5.55. The molecule has 2 aliphatic heterocycles. The average molecular weight is 384 g/mol. The van der Waals surface area contributed by atoms with E-state index in [-0.39, 0.29) is 12.1 Å². The summed E-state index contributed by atoms with van der Waals surface area (Å²) in [5.74, 6) is 1.70. The minimum Gasteiger partial charge on any atom is -0.447 e. The van der Waals surface area contributed by atoms with Gasteiger partial charge in [-0.3, -0.25) is 0 Å². The Kier molecular flexibility index (Phi) is 4.85. The zero-order valence-electron chi connectivity index (χ0n) is 16.8. The fraction of sp³-hybridized carbons (Fsp3) is 0.455. The van der Waals surface area contributed by atoms with Crippen molar-refractivity contribution in [1.82, 2.24) is 10.6 Å². The van der Waals surface area contributed by atoms with Crippen LogP contribution < -0.4 is 29.6 Å². The molecule has 150 valence electrons. The Morgan fingerprint density at radius 1 is 0.643 bits per heavy atom. The molecule has 0 spiro atoms. The Labute approximate surface area is 166 Å². The number of benzene rings is 2. The maximum Gasteiger partial charge on any atom is 0.263 e. The molecule has 6 heteroatoms. The summed E-state index contributed by atoms with van der Waals surface area (Å²) in [6.45, 7) is 9.56. The lowest BCUT2D eigenvalue weighted by Gasteiger charge is -2.32. The molecular weight excluding hydrogens is 356 g/mol. The van der Waals surface area contributed by atoms with E-state index in [1.54, 1.807) is 0 Å². The van der Waals surface area contributed by atoms with E-state index in [1.165, 1.54) is 0 Å². The third-order valence-corrected chi connectivity index (χ3v) is 5.55. The van der Waals surface area contributed by atoms with Crippen molar-refractivity contribution in [2.45, 2.75) is 51.4 Å². The summed E-state index contributed by atoms with van der Waals surface area (Å²) < 4.78 is 24.1. The molecule has 2 N–H and O–H groups in total. The second-order valence-electron chi connectivity index (χ2n) is 7.69. The number of hydrogen-bond donors (Lipinski definition) is 2. The van der Waals surface area contributed by atoms with Gasteiger partial charge < -0.3 is 29.6 Å². The predicted octanol–water partition coefficient (Wildman–Crippen LogP) is 3.32. The molecule has 2 heterocycles. The van der Waals surface area contributed by atoms with Crippen LogP contribution in [0.4, 0.5) is 0 Å². The standard InChI is InChI=1S/C22H28N2O4/c1-15(21(3)25-17-9-5-6-10-18(17)26-21)23-13-14-24-16(2)22(4)27-19-11-7-8-12-20(19)28-22/h5-12,15-16,23-24H,13-14H2,1-4H3. The monoisotopic (exact) mass is 384 g/mol. The van der Waals surface area contributed by atoms with Gasteiger partial charge in [-0.15, -0.1) is 0 Å². The molecule has 2 unspecified atom stereocenters. The van der Waals surface area contributed by atoms with Crippen molar-refractivity contribution >= 4 is 0 Å². The number of fused-ring (bicyclic) bond motifs is 2. The van der Waals surface area contributed by atoms with E-state index in [4.69, 9.17) is 18.9 Å². The first kappa shape index (κ1) is 18.9. The predicted molar refractivity (Wildman–Crippen MR) is 107 cm³/mol. The van der Waals surface area contributed by atoms with Crippen LogP contribution in [0.25, 0.3) is 0 Å². The highest BCUT2D eigenvalue weighted by Gasteiger charge is 2.43. The van der Waals surface area contributed by atoms with Gasteiger partial charge in [-0.1, -0.05) is 24.3 Å². The molecule has 0 bridgehead atoms. The van der Waals surface area contributed by atoms with E-state index < -0.39 is 11.6 Å². The summed E-state index contributed by atoms with van der Waals surface area (Å²) in [5.41, 5.74) is 0. The lowest BCUT2D eigenvalue weighted by Crippen LogP contribution is -2.56. The van der Waals surface area contributed by atoms with Gasteiger partial charge in [-0.05, 0) is 38.1 Å². The van der Waals surface area contributed by atoms with Gasteiger partial charge in [0, 0.05) is 26.9 Å². The van der Waals surface area contributed by atoms with E-state index >= 15 is 0 Å². The highest BCUT2D eigenvalue weighted by molar-refractivity contribution is 5.43. The van der Waals surface area contributed by atoms with Gasteiger partial charge in [0.25, 0.3) is 11.6 Å². The average Bonchev–Trinajstić information content (AvgIpc) is 3.21. The van der Waals surface area contributed by atoms with Crippen molar-refractivity contribution in [1.29, 1.82) is 0 Å². The van der Waals surface area contributed by atoms with E-state index in [0.29, 0.717) is 0 Å². The largest absolute Gasteiger partial charge is 0.447 e. The minimum absolute atomic E-state index is 0.0100. The van der Waals surface area contributed by atoms with Crippen molar-refractivity contribution in [3.63, 3.8) is 0 Å². The molecule has 2 aliphatic rings. The molecule has 0 saturated carbocycles. The summed E-state index contributed by atoms with van der Waals surface area (Å²) >= 11 is 0.